The van der Waals surface area contributed by atoms with Crippen LogP contribution in [0.4, 0.5) is 18.9 Å². The Hall–Kier alpha value is -4.20. The van der Waals surface area contributed by atoms with E-state index in [0.29, 0.717) is 17.1 Å². The van der Waals surface area contributed by atoms with E-state index < -0.39 is 30.6 Å². The van der Waals surface area contributed by atoms with Crippen LogP contribution in [-0.4, -0.2) is 31.6 Å². The van der Waals surface area contributed by atoms with Crippen molar-refractivity contribution in [1.29, 1.82) is 5.26 Å². The van der Waals surface area contributed by atoms with Gasteiger partial charge in [-0.2, -0.15) is 5.26 Å². The van der Waals surface area contributed by atoms with Gasteiger partial charge in [0.2, 0.25) is 6.79 Å². The number of esters is 1. The maximum Gasteiger partial charge on any atom is 0.573 e. The van der Waals surface area contributed by atoms with Gasteiger partial charge in [-0.3, -0.25) is 4.79 Å². The number of benzene rings is 2. The van der Waals surface area contributed by atoms with Crippen LogP contribution in [0.5, 0.6) is 17.2 Å². The van der Waals surface area contributed by atoms with Crippen molar-refractivity contribution < 1.29 is 41.7 Å². The lowest BCUT2D eigenvalue weighted by Gasteiger charge is -2.10. The molecule has 160 valence electrons. The number of ether oxygens (including phenoxy) is 4. The molecular weight excluding hydrogens is 421 g/mol. The number of fused-ring (bicyclic) bond motifs is 1. The zero-order chi connectivity index (χ0) is 22.4. The van der Waals surface area contributed by atoms with Gasteiger partial charge < -0.3 is 24.3 Å². The summed E-state index contributed by atoms with van der Waals surface area (Å²) in [5.74, 6) is -1.23. The molecule has 2 aromatic rings. The van der Waals surface area contributed by atoms with Crippen LogP contribution in [0.15, 0.2) is 48.0 Å². The summed E-state index contributed by atoms with van der Waals surface area (Å²) in [6.07, 6.45) is -3.56. The number of carbonyl (C=O) groups excluding carboxylic acids is 2. The minimum absolute atomic E-state index is 0.0723. The third-order valence-electron chi connectivity index (χ3n) is 3.75. The third-order valence-corrected chi connectivity index (χ3v) is 3.75. The maximum atomic E-state index is 12.1. The number of alkyl halides is 3. The molecule has 1 heterocycles. The summed E-state index contributed by atoms with van der Waals surface area (Å²) >= 11 is 0. The molecule has 11 heteroatoms. The van der Waals surface area contributed by atoms with Gasteiger partial charge in [0.25, 0.3) is 5.91 Å². The lowest BCUT2D eigenvalue weighted by Crippen LogP contribution is -2.21. The second-order valence-corrected chi connectivity index (χ2v) is 5.98. The van der Waals surface area contributed by atoms with E-state index in [9.17, 15) is 28.0 Å². The Bertz CT molecular complexity index is 1060. The van der Waals surface area contributed by atoms with Crippen molar-refractivity contribution in [2.75, 3.05) is 18.7 Å². The van der Waals surface area contributed by atoms with Crippen molar-refractivity contribution in [2.45, 2.75) is 6.36 Å². The van der Waals surface area contributed by atoms with E-state index in [-0.39, 0.29) is 18.1 Å². The molecule has 0 unspecified atom stereocenters. The first-order valence-electron chi connectivity index (χ1n) is 8.58. The first-order valence-corrected chi connectivity index (χ1v) is 8.58. The van der Waals surface area contributed by atoms with Gasteiger partial charge in [-0.05, 0) is 48.0 Å². The molecule has 0 bridgehead atoms. The average molecular weight is 434 g/mol. The van der Waals surface area contributed by atoms with Crippen LogP contribution in [0.25, 0.3) is 6.08 Å². The van der Waals surface area contributed by atoms with Crippen molar-refractivity contribution in [3.8, 4) is 23.3 Å². The molecule has 2 aromatic carbocycles. The summed E-state index contributed by atoms with van der Waals surface area (Å²) in [5.41, 5.74) is 0.302. The fraction of sp³-hybridized carbons (Fsp3) is 0.150. The number of anilines is 1. The highest BCUT2D eigenvalue weighted by Gasteiger charge is 2.31. The van der Waals surface area contributed by atoms with Crippen molar-refractivity contribution in [3.63, 3.8) is 0 Å². The first kappa shape index (κ1) is 21.5. The van der Waals surface area contributed by atoms with E-state index in [1.807, 2.05) is 0 Å². The largest absolute Gasteiger partial charge is 0.573 e. The number of carbonyl (C=O) groups is 2. The van der Waals surface area contributed by atoms with E-state index in [2.05, 4.69) is 10.1 Å². The Morgan fingerprint density at radius 2 is 1.84 bits per heavy atom. The van der Waals surface area contributed by atoms with Crippen molar-refractivity contribution in [1.82, 2.24) is 0 Å². The molecule has 8 nitrogen and oxygen atoms in total. The molecule has 0 fully saturated rings. The molecule has 1 amide bonds. The molecule has 1 aliphatic heterocycles. The summed E-state index contributed by atoms with van der Waals surface area (Å²) in [5, 5.41) is 11.5. The average Bonchev–Trinajstić information content (AvgIpc) is 3.18. The molecule has 0 aromatic heterocycles. The third kappa shape index (κ3) is 6.14. The van der Waals surface area contributed by atoms with Gasteiger partial charge in [-0.1, -0.05) is 6.07 Å². The van der Waals surface area contributed by atoms with E-state index in [1.165, 1.54) is 18.2 Å². The second kappa shape index (κ2) is 9.08. The number of nitriles is 1. The highest BCUT2D eigenvalue weighted by Crippen LogP contribution is 2.33. The Labute approximate surface area is 173 Å². The Morgan fingerprint density at radius 1 is 1.13 bits per heavy atom. The van der Waals surface area contributed by atoms with Crippen LogP contribution in [0, 0.1) is 11.3 Å². The molecule has 0 saturated heterocycles. The van der Waals surface area contributed by atoms with E-state index in [4.69, 9.17) is 14.2 Å². The second-order valence-electron chi connectivity index (χ2n) is 5.98. The summed E-state index contributed by atoms with van der Waals surface area (Å²) in [6, 6.07) is 10.9. The van der Waals surface area contributed by atoms with Gasteiger partial charge in [0.05, 0.1) is 0 Å². The monoisotopic (exact) mass is 434 g/mol. The topological polar surface area (TPSA) is 107 Å². The minimum atomic E-state index is -4.83. The number of hydrogen-bond acceptors (Lipinski definition) is 7. The van der Waals surface area contributed by atoms with Gasteiger partial charge in [0.15, 0.2) is 18.1 Å². The van der Waals surface area contributed by atoms with Gasteiger partial charge in [-0.25, -0.2) is 4.79 Å². The Morgan fingerprint density at radius 3 is 2.52 bits per heavy atom. The van der Waals surface area contributed by atoms with Gasteiger partial charge >= 0.3 is 12.3 Å². The highest BCUT2D eigenvalue weighted by atomic mass is 19.4. The Kier molecular flexibility index (Phi) is 6.30. The molecule has 31 heavy (non-hydrogen) atoms. The van der Waals surface area contributed by atoms with Crippen molar-refractivity contribution in [2.24, 2.45) is 0 Å². The number of nitrogens with one attached hydrogen (secondary N) is 1. The van der Waals surface area contributed by atoms with Gasteiger partial charge in [-0.15, -0.1) is 13.2 Å². The number of halogens is 3. The highest BCUT2D eigenvalue weighted by molar-refractivity contribution is 6.00. The molecule has 1 aliphatic rings. The number of nitrogens with zero attached hydrogens (tertiary/aromatic N) is 1. The fourth-order valence-corrected chi connectivity index (χ4v) is 2.45. The zero-order valence-electron chi connectivity index (χ0n) is 15.6. The predicted octanol–water partition coefficient (Wildman–Crippen LogP) is 3.40. The van der Waals surface area contributed by atoms with Gasteiger partial charge in [0, 0.05) is 5.69 Å². The first-order chi connectivity index (χ1) is 14.7. The molecular formula is C20H13F3N2O6. The zero-order valence-corrected chi connectivity index (χ0v) is 15.6. The standard InChI is InChI=1S/C20H13F3N2O6/c21-20(22,23)31-15-4-2-14(3-5-15)25-18(26)10-28-19(27)13(9-24)7-12-1-6-16-17(8-12)30-11-29-16/h1-8H,10-11H2,(H,25,26). The fourth-order valence-electron chi connectivity index (χ4n) is 2.45. The summed E-state index contributed by atoms with van der Waals surface area (Å²) < 4.78 is 55.3. The van der Waals surface area contributed by atoms with Crippen LogP contribution in [-0.2, 0) is 14.3 Å². The summed E-state index contributed by atoms with van der Waals surface area (Å²) in [7, 11) is 0. The van der Waals surface area contributed by atoms with E-state index in [1.54, 1.807) is 24.3 Å². The maximum absolute atomic E-state index is 12.1. The lowest BCUT2D eigenvalue weighted by molar-refractivity contribution is -0.274. The minimum Gasteiger partial charge on any atom is -0.454 e. The molecule has 0 saturated carbocycles. The van der Waals surface area contributed by atoms with Crippen LogP contribution in [0.3, 0.4) is 0 Å². The van der Waals surface area contributed by atoms with E-state index >= 15 is 0 Å². The normalized spacial score (nSPS) is 12.6. The van der Waals surface area contributed by atoms with Gasteiger partial charge in [0.1, 0.15) is 17.4 Å². The summed E-state index contributed by atoms with van der Waals surface area (Å²) in [4.78, 5) is 24.0. The van der Waals surface area contributed by atoms with Crippen molar-refractivity contribution >= 4 is 23.6 Å². The van der Waals surface area contributed by atoms with E-state index in [0.717, 1.165) is 12.1 Å². The Balaban J connectivity index is 1.54. The lowest BCUT2D eigenvalue weighted by atomic mass is 10.1. The number of hydrogen-bond donors (Lipinski definition) is 1. The van der Waals surface area contributed by atoms with Crippen molar-refractivity contribution in [3.05, 3.63) is 53.6 Å². The molecule has 0 aliphatic carbocycles. The molecule has 1 N–H and O–H groups in total. The SMILES string of the molecule is N#CC(=Cc1ccc2c(c1)OCO2)C(=O)OCC(=O)Nc1ccc(OC(F)(F)F)cc1. The number of amides is 1. The predicted molar refractivity (Wildman–Crippen MR) is 98.9 cm³/mol. The van der Waals surface area contributed by atoms with Crippen LogP contribution in [0.1, 0.15) is 5.56 Å². The number of rotatable bonds is 6. The van der Waals surface area contributed by atoms with Crippen LogP contribution >= 0.6 is 0 Å². The quantitative estimate of drug-likeness (QED) is 0.422. The van der Waals surface area contributed by atoms with Crippen LogP contribution in [0.2, 0.25) is 0 Å². The molecule has 0 radical (unpaired) electrons. The van der Waals surface area contributed by atoms with Crippen LogP contribution < -0.4 is 19.5 Å². The smallest absolute Gasteiger partial charge is 0.454 e. The molecule has 0 atom stereocenters. The molecule has 3 rings (SSSR count). The summed E-state index contributed by atoms with van der Waals surface area (Å²) in [6.45, 7) is -0.636. The molecule has 0 spiro atoms.